The van der Waals surface area contributed by atoms with E-state index in [2.05, 4.69) is 22.0 Å². The third-order valence-electron chi connectivity index (χ3n) is 1.46. The molecule has 0 saturated carbocycles. The minimum Gasteiger partial charge on any atom is -0.287 e. The Morgan fingerprint density at radius 3 is 2.00 bits per heavy atom. The topological polar surface area (TPSA) is 59.9 Å². The second kappa shape index (κ2) is 2.97. The third kappa shape index (κ3) is 1.67. The van der Waals surface area contributed by atoms with E-state index >= 15 is 0 Å². The van der Waals surface area contributed by atoms with Crippen LogP contribution in [0.1, 0.15) is 13.8 Å². The van der Waals surface area contributed by atoms with Crippen molar-refractivity contribution in [3.05, 3.63) is 0 Å². The molecule has 1 rings (SSSR count). The highest BCUT2D eigenvalue weighted by Crippen LogP contribution is 1.91. The van der Waals surface area contributed by atoms with Gasteiger partial charge in [-0.2, -0.15) is 5.26 Å². The molecule has 1 heterocycles. The predicted molar refractivity (Wildman–Crippen MR) is 37.7 cm³/mol. The Balaban J connectivity index is 2.44. The zero-order chi connectivity index (χ0) is 7.56. The molecule has 1 aliphatic heterocycles. The second-order valence-electron chi connectivity index (χ2n) is 2.51. The molecule has 0 aromatic carbocycles. The Labute approximate surface area is 60.6 Å². The van der Waals surface area contributed by atoms with Gasteiger partial charge in [0.15, 0.2) is 0 Å². The summed E-state index contributed by atoms with van der Waals surface area (Å²) in [5.74, 6) is 0. The minimum atomic E-state index is -0.216. The van der Waals surface area contributed by atoms with Gasteiger partial charge in [-0.25, -0.2) is 0 Å². The van der Waals surface area contributed by atoms with E-state index < -0.39 is 0 Å². The molecule has 0 amide bonds. The average Bonchev–Trinajstić information content (AvgIpc) is 1.85. The van der Waals surface area contributed by atoms with E-state index in [1.54, 1.807) is 0 Å². The fourth-order valence-corrected chi connectivity index (χ4v) is 1.09. The van der Waals surface area contributed by atoms with Gasteiger partial charge in [-0.3, -0.25) is 16.0 Å². The summed E-state index contributed by atoms with van der Waals surface area (Å²) in [5.41, 5.74) is 0. The molecule has 4 heteroatoms. The van der Waals surface area contributed by atoms with E-state index in [1.165, 1.54) is 0 Å². The van der Waals surface area contributed by atoms with Gasteiger partial charge in [0.2, 0.25) is 0 Å². The molecule has 2 atom stereocenters. The van der Waals surface area contributed by atoms with E-state index in [9.17, 15) is 0 Å². The van der Waals surface area contributed by atoms with Crippen molar-refractivity contribution in [2.24, 2.45) is 0 Å². The van der Waals surface area contributed by atoms with E-state index in [0.717, 1.165) is 0 Å². The molecule has 0 spiro atoms. The minimum absolute atomic E-state index is 0.209. The zero-order valence-electron chi connectivity index (χ0n) is 6.18. The van der Waals surface area contributed by atoms with E-state index in [1.807, 2.05) is 13.8 Å². The number of nitriles is 1. The number of hydrogen-bond donors (Lipinski definition) is 3. The summed E-state index contributed by atoms with van der Waals surface area (Å²) in [6.45, 7) is 3.98. The highest BCUT2D eigenvalue weighted by atomic mass is 15.3. The first-order valence-corrected chi connectivity index (χ1v) is 3.40. The van der Waals surface area contributed by atoms with Crippen LogP contribution in [0.4, 0.5) is 0 Å². The van der Waals surface area contributed by atoms with Crippen LogP contribution in [0.2, 0.25) is 0 Å². The van der Waals surface area contributed by atoms with Crippen molar-refractivity contribution < 1.29 is 0 Å². The van der Waals surface area contributed by atoms with Crippen molar-refractivity contribution in [2.45, 2.75) is 32.3 Å². The number of nitrogens with zero attached hydrogens (tertiary/aromatic N) is 1. The smallest absolute Gasteiger partial charge is 0.150 e. The summed E-state index contributed by atoms with van der Waals surface area (Å²) in [4.78, 5) is 0. The lowest BCUT2D eigenvalue weighted by atomic mass is 10.3. The van der Waals surface area contributed by atoms with Crippen molar-refractivity contribution >= 4 is 0 Å². The highest BCUT2D eigenvalue weighted by molar-refractivity contribution is 4.93. The Morgan fingerprint density at radius 1 is 1.10 bits per heavy atom. The molecule has 10 heavy (non-hydrogen) atoms. The number of nitrogens with one attached hydrogen (secondary N) is 3. The monoisotopic (exact) mass is 140 g/mol. The van der Waals surface area contributed by atoms with Crippen molar-refractivity contribution in [3.63, 3.8) is 0 Å². The lowest BCUT2D eigenvalue weighted by molar-refractivity contribution is 0.253. The third-order valence-corrected chi connectivity index (χ3v) is 1.46. The van der Waals surface area contributed by atoms with Crippen molar-refractivity contribution in [2.75, 3.05) is 0 Å². The van der Waals surface area contributed by atoms with Gasteiger partial charge in [-0.1, -0.05) is 0 Å². The van der Waals surface area contributed by atoms with E-state index in [-0.39, 0.29) is 18.5 Å². The molecule has 3 N–H and O–H groups in total. The van der Waals surface area contributed by atoms with Gasteiger partial charge in [-0.05, 0) is 13.8 Å². The fraction of sp³-hybridized carbons (Fsp3) is 0.833. The second-order valence-corrected chi connectivity index (χ2v) is 2.51. The van der Waals surface area contributed by atoms with E-state index in [0.29, 0.717) is 0 Å². The number of rotatable bonds is 0. The van der Waals surface area contributed by atoms with Crippen molar-refractivity contribution in [1.29, 1.82) is 5.26 Å². The van der Waals surface area contributed by atoms with Gasteiger partial charge in [0, 0.05) is 0 Å². The van der Waals surface area contributed by atoms with E-state index in [4.69, 9.17) is 5.26 Å². The summed E-state index contributed by atoms with van der Waals surface area (Å²) in [7, 11) is 0. The Morgan fingerprint density at radius 2 is 1.60 bits per heavy atom. The maximum absolute atomic E-state index is 8.52. The van der Waals surface area contributed by atoms with Crippen LogP contribution in [0.5, 0.6) is 0 Å². The van der Waals surface area contributed by atoms with Gasteiger partial charge in [0.1, 0.15) is 6.17 Å². The largest absolute Gasteiger partial charge is 0.287 e. The molecule has 0 bridgehead atoms. The van der Waals surface area contributed by atoms with Crippen LogP contribution in [0.15, 0.2) is 0 Å². The Kier molecular flexibility index (Phi) is 2.22. The molecule has 1 saturated heterocycles. The lowest BCUT2D eigenvalue weighted by Gasteiger charge is -2.31. The molecule has 4 nitrogen and oxygen atoms in total. The molecule has 2 unspecified atom stereocenters. The quantitative estimate of drug-likeness (QED) is 0.417. The van der Waals surface area contributed by atoms with Crippen LogP contribution in [-0.4, -0.2) is 18.5 Å². The SMILES string of the molecule is CC1NC(C)NC(C#N)N1. The van der Waals surface area contributed by atoms with Gasteiger partial charge >= 0.3 is 0 Å². The molecular weight excluding hydrogens is 128 g/mol. The standard InChI is InChI=1S/C6H12N4/c1-4-8-5(2)10-6(3-7)9-4/h4-6,8-10H,1-2H3. The van der Waals surface area contributed by atoms with Gasteiger partial charge in [0.25, 0.3) is 0 Å². The summed E-state index contributed by atoms with van der Waals surface area (Å²) >= 11 is 0. The maximum atomic E-state index is 8.52. The van der Waals surface area contributed by atoms with Crippen LogP contribution < -0.4 is 16.0 Å². The molecule has 0 aromatic rings. The van der Waals surface area contributed by atoms with Crippen LogP contribution in [0.3, 0.4) is 0 Å². The average molecular weight is 140 g/mol. The lowest BCUT2D eigenvalue weighted by Crippen LogP contribution is -2.64. The summed E-state index contributed by atoms with van der Waals surface area (Å²) in [5, 5.41) is 17.7. The van der Waals surface area contributed by atoms with Crippen LogP contribution in [0, 0.1) is 11.3 Å². The van der Waals surface area contributed by atoms with Gasteiger partial charge in [0.05, 0.1) is 18.4 Å². The van der Waals surface area contributed by atoms with Crippen molar-refractivity contribution in [3.8, 4) is 6.07 Å². The number of hydrogen-bond acceptors (Lipinski definition) is 4. The van der Waals surface area contributed by atoms with Crippen LogP contribution >= 0.6 is 0 Å². The summed E-state index contributed by atoms with van der Waals surface area (Å²) in [6, 6.07) is 2.10. The van der Waals surface area contributed by atoms with Crippen LogP contribution in [-0.2, 0) is 0 Å². The molecule has 0 radical (unpaired) electrons. The Hall–Kier alpha value is -0.630. The maximum Gasteiger partial charge on any atom is 0.150 e. The normalized spacial score (nSPS) is 40.7. The molecule has 56 valence electrons. The van der Waals surface area contributed by atoms with Crippen LogP contribution in [0.25, 0.3) is 0 Å². The fourth-order valence-electron chi connectivity index (χ4n) is 1.09. The predicted octanol–water partition coefficient (Wildman–Crippen LogP) is -0.690. The summed E-state index contributed by atoms with van der Waals surface area (Å²) in [6.07, 6.45) is 0.202. The molecule has 1 fully saturated rings. The molecule has 1 aliphatic rings. The first-order chi connectivity index (χ1) is 4.72. The molecule has 0 aliphatic carbocycles. The highest BCUT2D eigenvalue weighted by Gasteiger charge is 2.19. The molecular formula is C6H12N4. The first kappa shape index (κ1) is 7.48. The van der Waals surface area contributed by atoms with Gasteiger partial charge in [-0.15, -0.1) is 0 Å². The Bertz CT molecular complexity index is 140. The van der Waals surface area contributed by atoms with Crippen molar-refractivity contribution in [1.82, 2.24) is 16.0 Å². The van der Waals surface area contributed by atoms with Gasteiger partial charge < -0.3 is 0 Å². The molecule has 0 aromatic heterocycles. The summed E-state index contributed by atoms with van der Waals surface area (Å²) < 4.78 is 0. The zero-order valence-corrected chi connectivity index (χ0v) is 6.18. The first-order valence-electron chi connectivity index (χ1n) is 3.40.